The lowest BCUT2D eigenvalue weighted by molar-refractivity contribution is -0.148. The SMILES string of the molecule is CC(C)[C@@H](NC(=O)OC(C)(C)C)C(=O)NC[C@@H]1CC[C@@H](CCB(O)O)C[C@]1(N)C(=O)O. The van der Waals surface area contributed by atoms with Gasteiger partial charge >= 0.3 is 19.2 Å². The number of nitrogens with one attached hydrogen (secondary N) is 2. The molecule has 1 rings (SSSR count). The Morgan fingerprint density at radius 1 is 1.23 bits per heavy atom. The summed E-state index contributed by atoms with van der Waals surface area (Å²) in [5, 5.41) is 33.2. The van der Waals surface area contributed by atoms with E-state index >= 15 is 0 Å². The zero-order valence-electron chi connectivity index (χ0n) is 19.2. The fraction of sp³-hybridized carbons (Fsp3) is 0.850. The first-order valence-electron chi connectivity index (χ1n) is 10.8. The average molecular weight is 443 g/mol. The minimum Gasteiger partial charge on any atom is -0.480 e. The third kappa shape index (κ3) is 8.66. The molecule has 1 fully saturated rings. The highest BCUT2D eigenvalue weighted by molar-refractivity contribution is 6.40. The second kappa shape index (κ2) is 11.1. The Hall–Kier alpha value is -1.85. The van der Waals surface area contributed by atoms with Crippen LogP contribution in [0, 0.1) is 17.8 Å². The molecule has 0 bridgehead atoms. The summed E-state index contributed by atoms with van der Waals surface area (Å²) in [6.45, 7) is 8.81. The molecule has 2 amide bonds. The van der Waals surface area contributed by atoms with Gasteiger partial charge in [0.2, 0.25) is 5.91 Å². The summed E-state index contributed by atoms with van der Waals surface area (Å²) < 4.78 is 5.22. The Bertz CT molecular complexity index is 639. The summed E-state index contributed by atoms with van der Waals surface area (Å²) in [6.07, 6.45) is 1.29. The molecule has 0 spiro atoms. The quantitative estimate of drug-likeness (QED) is 0.283. The first kappa shape index (κ1) is 27.2. The van der Waals surface area contributed by atoms with E-state index in [4.69, 9.17) is 20.5 Å². The molecule has 178 valence electrons. The molecule has 0 radical (unpaired) electrons. The van der Waals surface area contributed by atoms with Gasteiger partial charge in [0.15, 0.2) is 0 Å². The minimum absolute atomic E-state index is 0.0351. The molecule has 0 saturated heterocycles. The molecule has 0 unspecified atom stereocenters. The second-order valence-electron chi connectivity index (χ2n) is 9.86. The van der Waals surface area contributed by atoms with Crippen LogP contribution in [0.4, 0.5) is 4.79 Å². The lowest BCUT2D eigenvalue weighted by Gasteiger charge is -2.41. The maximum Gasteiger partial charge on any atom is 0.451 e. The number of hydrogen-bond acceptors (Lipinski definition) is 7. The molecule has 0 heterocycles. The molecular weight excluding hydrogens is 405 g/mol. The molecule has 4 atom stereocenters. The molecule has 1 aliphatic rings. The number of carboxylic acids is 1. The number of carbonyl (C=O) groups is 3. The molecule has 7 N–H and O–H groups in total. The van der Waals surface area contributed by atoms with E-state index in [-0.39, 0.29) is 31.1 Å². The highest BCUT2D eigenvalue weighted by atomic mass is 16.6. The number of aliphatic carboxylic acids is 1. The van der Waals surface area contributed by atoms with E-state index in [2.05, 4.69) is 10.6 Å². The van der Waals surface area contributed by atoms with Crippen LogP contribution in [0.15, 0.2) is 0 Å². The summed E-state index contributed by atoms with van der Waals surface area (Å²) in [7, 11) is -1.43. The van der Waals surface area contributed by atoms with Gasteiger partial charge in [-0.05, 0) is 58.2 Å². The summed E-state index contributed by atoms with van der Waals surface area (Å²) in [5.41, 5.74) is 4.02. The van der Waals surface area contributed by atoms with Crippen LogP contribution in [0.5, 0.6) is 0 Å². The van der Waals surface area contributed by atoms with Gasteiger partial charge in [0.05, 0.1) is 0 Å². The van der Waals surface area contributed by atoms with Crippen molar-refractivity contribution in [2.24, 2.45) is 23.5 Å². The molecule has 11 heteroatoms. The number of alkyl carbamates (subject to hydrolysis) is 1. The monoisotopic (exact) mass is 443 g/mol. The predicted octanol–water partition coefficient (Wildman–Crippen LogP) is 0.713. The van der Waals surface area contributed by atoms with Crippen LogP contribution in [0.2, 0.25) is 6.32 Å². The van der Waals surface area contributed by atoms with E-state index in [0.29, 0.717) is 19.3 Å². The van der Waals surface area contributed by atoms with Crippen molar-refractivity contribution in [2.45, 2.75) is 83.8 Å². The van der Waals surface area contributed by atoms with Gasteiger partial charge < -0.3 is 36.3 Å². The Balaban J connectivity index is 2.75. The van der Waals surface area contributed by atoms with Crippen molar-refractivity contribution >= 4 is 25.1 Å². The van der Waals surface area contributed by atoms with Crippen molar-refractivity contribution in [3.8, 4) is 0 Å². The van der Waals surface area contributed by atoms with Crippen molar-refractivity contribution < 1.29 is 34.3 Å². The number of carbonyl (C=O) groups excluding carboxylic acids is 2. The second-order valence-corrected chi connectivity index (χ2v) is 9.86. The first-order valence-corrected chi connectivity index (χ1v) is 10.8. The van der Waals surface area contributed by atoms with E-state index in [1.807, 2.05) is 0 Å². The number of nitrogens with two attached hydrogens (primary N) is 1. The van der Waals surface area contributed by atoms with Crippen LogP contribution in [-0.4, -0.2) is 64.0 Å². The third-order valence-electron chi connectivity index (χ3n) is 5.65. The standard InChI is InChI=1S/C20H38BN3O7/c1-12(2)15(24-18(28)31-19(3,4)5)16(25)23-11-14-7-6-13(8-9-21(29)30)10-20(14,22)17(26)27/h12-15,29-30H,6-11,22H2,1-5H3,(H,23,25)(H,24,28)(H,26,27)/t13-,14-,15+,20+/m0/s1. The average Bonchev–Trinajstić information content (AvgIpc) is 2.61. The Morgan fingerprint density at radius 2 is 1.84 bits per heavy atom. The van der Waals surface area contributed by atoms with Crippen molar-refractivity contribution in [3.63, 3.8) is 0 Å². The summed E-state index contributed by atoms with van der Waals surface area (Å²) in [4.78, 5) is 36.7. The van der Waals surface area contributed by atoms with Gasteiger partial charge in [-0.25, -0.2) is 4.79 Å². The molecule has 0 aromatic rings. The normalized spacial score (nSPS) is 24.9. The Labute approximate surface area is 184 Å². The number of amides is 2. The van der Waals surface area contributed by atoms with Crippen LogP contribution < -0.4 is 16.4 Å². The first-order chi connectivity index (χ1) is 14.2. The highest BCUT2D eigenvalue weighted by Gasteiger charge is 2.47. The van der Waals surface area contributed by atoms with Crippen molar-refractivity contribution in [1.82, 2.24) is 10.6 Å². The lowest BCUT2D eigenvalue weighted by atomic mass is 9.66. The topological polar surface area (TPSA) is 171 Å². The minimum atomic E-state index is -1.53. The number of rotatable bonds is 9. The molecule has 0 aromatic carbocycles. The highest BCUT2D eigenvalue weighted by Crippen LogP contribution is 2.38. The number of ether oxygens (including phenoxy) is 1. The Kier molecular flexibility index (Phi) is 9.78. The van der Waals surface area contributed by atoms with Crippen LogP contribution >= 0.6 is 0 Å². The van der Waals surface area contributed by atoms with Gasteiger partial charge in [-0.1, -0.05) is 20.3 Å². The zero-order valence-corrected chi connectivity index (χ0v) is 19.2. The summed E-state index contributed by atoms with van der Waals surface area (Å²) >= 11 is 0. The number of carboxylic acid groups (broad SMARTS) is 1. The van der Waals surface area contributed by atoms with Gasteiger partial charge in [-0.3, -0.25) is 9.59 Å². The molecule has 0 aliphatic heterocycles. The van der Waals surface area contributed by atoms with Crippen LogP contribution in [0.3, 0.4) is 0 Å². The molecule has 0 aromatic heterocycles. The maximum absolute atomic E-state index is 12.7. The third-order valence-corrected chi connectivity index (χ3v) is 5.65. The van der Waals surface area contributed by atoms with E-state index in [9.17, 15) is 19.5 Å². The van der Waals surface area contributed by atoms with E-state index in [1.165, 1.54) is 0 Å². The van der Waals surface area contributed by atoms with Crippen LogP contribution in [0.25, 0.3) is 0 Å². The molecule has 1 aliphatic carbocycles. The summed E-state index contributed by atoms with van der Waals surface area (Å²) in [6, 6.07) is -0.839. The predicted molar refractivity (Wildman–Crippen MR) is 116 cm³/mol. The molecule has 10 nitrogen and oxygen atoms in total. The van der Waals surface area contributed by atoms with Gasteiger partial charge in [-0.15, -0.1) is 0 Å². The summed E-state index contributed by atoms with van der Waals surface area (Å²) in [5.74, 6) is -2.31. The van der Waals surface area contributed by atoms with E-state index in [1.54, 1.807) is 34.6 Å². The van der Waals surface area contributed by atoms with Crippen molar-refractivity contribution in [2.75, 3.05) is 6.54 Å². The Morgan fingerprint density at radius 3 is 2.32 bits per heavy atom. The molecular formula is C20H38BN3O7. The van der Waals surface area contributed by atoms with Gasteiger partial charge in [0.25, 0.3) is 0 Å². The van der Waals surface area contributed by atoms with Gasteiger partial charge in [0.1, 0.15) is 17.2 Å². The fourth-order valence-corrected chi connectivity index (χ4v) is 3.92. The van der Waals surface area contributed by atoms with Crippen molar-refractivity contribution in [3.05, 3.63) is 0 Å². The van der Waals surface area contributed by atoms with Crippen molar-refractivity contribution in [1.29, 1.82) is 0 Å². The lowest BCUT2D eigenvalue weighted by Crippen LogP contribution is -2.61. The molecule has 31 heavy (non-hydrogen) atoms. The smallest absolute Gasteiger partial charge is 0.451 e. The zero-order chi connectivity index (χ0) is 24.0. The molecule has 1 saturated carbocycles. The number of hydrogen-bond donors (Lipinski definition) is 6. The van der Waals surface area contributed by atoms with Crippen LogP contribution in [-0.2, 0) is 14.3 Å². The fourth-order valence-electron chi connectivity index (χ4n) is 3.92. The van der Waals surface area contributed by atoms with Gasteiger partial charge in [0, 0.05) is 12.5 Å². The van der Waals surface area contributed by atoms with E-state index in [0.717, 1.165) is 0 Å². The van der Waals surface area contributed by atoms with Crippen LogP contribution in [0.1, 0.15) is 60.3 Å². The van der Waals surface area contributed by atoms with E-state index < -0.39 is 48.2 Å². The van der Waals surface area contributed by atoms with Gasteiger partial charge in [-0.2, -0.15) is 0 Å². The maximum atomic E-state index is 12.7. The largest absolute Gasteiger partial charge is 0.480 e.